The Labute approximate surface area is 113 Å². The number of aromatic nitrogens is 3. The third-order valence-corrected chi connectivity index (χ3v) is 3.55. The molecule has 1 N–H and O–H groups in total. The van der Waals surface area contributed by atoms with Crippen molar-refractivity contribution in [1.29, 1.82) is 0 Å². The molecule has 2 aromatic rings. The van der Waals surface area contributed by atoms with Crippen LogP contribution in [0.2, 0.25) is 0 Å². The summed E-state index contributed by atoms with van der Waals surface area (Å²) in [4.78, 5) is 6.47. The summed E-state index contributed by atoms with van der Waals surface area (Å²) in [6.45, 7) is 5.70. The smallest absolute Gasteiger partial charge is 0.138 e. The lowest BCUT2D eigenvalue weighted by atomic mass is 10.1. The van der Waals surface area contributed by atoms with E-state index in [0.29, 0.717) is 0 Å². The number of hydrogen-bond donors (Lipinski definition) is 1. The topological polar surface area (TPSA) is 46.0 Å². The summed E-state index contributed by atoms with van der Waals surface area (Å²) in [6, 6.07) is 8.56. The zero-order valence-corrected chi connectivity index (χ0v) is 11.0. The molecule has 0 aliphatic carbocycles. The summed E-state index contributed by atoms with van der Waals surface area (Å²) >= 11 is 0. The van der Waals surface area contributed by atoms with Gasteiger partial charge in [0.1, 0.15) is 12.7 Å². The summed E-state index contributed by atoms with van der Waals surface area (Å²) in [7, 11) is 0. The summed E-state index contributed by atoms with van der Waals surface area (Å²) < 4.78 is 1.78. The van der Waals surface area contributed by atoms with E-state index in [0.717, 1.165) is 44.8 Å². The number of hydrogen-bond acceptors (Lipinski definition) is 4. The quantitative estimate of drug-likeness (QED) is 0.876. The summed E-state index contributed by atoms with van der Waals surface area (Å²) in [6.07, 6.45) is 4.38. The summed E-state index contributed by atoms with van der Waals surface area (Å²) in [5.41, 5.74) is 2.44. The van der Waals surface area contributed by atoms with Crippen LogP contribution in [0, 0.1) is 0 Å². The molecule has 1 aliphatic rings. The van der Waals surface area contributed by atoms with Gasteiger partial charge in [0.25, 0.3) is 0 Å². The zero-order chi connectivity index (χ0) is 12.9. The fourth-order valence-corrected chi connectivity index (χ4v) is 2.38. The SMILES string of the molecule is c1ncn(-c2ccc(CCN3CCNCC3)cc2)n1. The zero-order valence-electron chi connectivity index (χ0n) is 11.0. The van der Waals surface area contributed by atoms with Crippen molar-refractivity contribution in [3.63, 3.8) is 0 Å². The monoisotopic (exact) mass is 257 g/mol. The van der Waals surface area contributed by atoms with Crippen LogP contribution >= 0.6 is 0 Å². The molecule has 0 saturated carbocycles. The molecule has 1 aromatic carbocycles. The Balaban J connectivity index is 1.57. The third-order valence-electron chi connectivity index (χ3n) is 3.55. The first kappa shape index (κ1) is 12.3. The van der Waals surface area contributed by atoms with E-state index in [-0.39, 0.29) is 0 Å². The van der Waals surface area contributed by atoms with Gasteiger partial charge >= 0.3 is 0 Å². The van der Waals surface area contributed by atoms with Crippen LogP contribution in [0.1, 0.15) is 5.56 Å². The van der Waals surface area contributed by atoms with E-state index in [1.54, 1.807) is 17.3 Å². The summed E-state index contributed by atoms with van der Waals surface area (Å²) in [5.74, 6) is 0. The van der Waals surface area contributed by atoms with Crippen molar-refractivity contribution in [1.82, 2.24) is 25.0 Å². The molecule has 1 fully saturated rings. The predicted octanol–water partition coefficient (Wildman–Crippen LogP) is 0.715. The average molecular weight is 257 g/mol. The molecule has 3 rings (SSSR count). The highest BCUT2D eigenvalue weighted by Crippen LogP contribution is 2.09. The number of piperazine rings is 1. The normalized spacial score (nSPS) is 16.6. The lowest BCUT2D eigenvalue weighted by Crippen LogP contribution is -2.44. The van der Waals surface area contributed by atoms with Gasteiger partial charge in [0.2, 0.25) is 0 Å². The van der Waals surface area contributed by atoms with Crippen LogP contribution in [0.4, 0.5) is 0 Å². The van der Waals surface area contributed by atoms with Gasteiger partial charge in [-0.25, -0.2) is 9.67 Å². The van der Waals surface area contributed by atoms with Gasteiger partial charge in [0.15, 0.2) is 0 Å². The maximum atomic E-state index is 4.13. The minimum atomic E-state index is 1.06. The highest BCUT2D eigenvalue weighted by molar-refractivity contribution is 5.33. The van der Waals surface area contributed by atoms with Crippen molar-refractivity contribution in [2.75, 3.05) is 32.7 Å². The van der Waals surface area contributed by atoms with Gasteiger partial charge < -0.3 is 10.2 Å². The Bertz CT molecular complexity index is 485. The molecule has 1 saturated heterocycles. The van der Waals surface area contributed by atoms with Crippen LogP contribution < -0.4 is 5.32 Å². The lowest BCUT2D eigenvalue weighted by Gasteiger charge is -2.27. The van der Waals surface area contributed by atoms with Gasteiger partial charge in [-0.05, 0) is 24.1 Å². The first-order chi connectivity index (χ1) is 9.42. The molecule has 5 heteroatoms. The highest BCUT2D eigenvalue weighted by Gasteiger charge is 2.08. The molecule has 0 atom stereocenters. The molecule has 5 nitrogen and oxygen atoms in total. The van der Waals surface area contributed by atoms with E-state index in [4.69, 9.17) is 0 Å². The maximum absolute atomic E-state index is 4.13. The lowest BCUT2D eigenvalue weighted by molar-refractivity contribution is 0.244. The number of benzene rings is 1. The van der Waals surface area contributed by atoms with Crippen molar-refractivity contribution < 1.29 is 0 Å². The Morgan fingerprint density at radius 2 is 1.89 bits per heavy atom. The Kier molecular flexibility index (Phi) is 3.86. The van der Waals surface area contributed by atoms with Crippen LogP contribution in [-0.4, -0.2) is 52.4 Å². The largest absolute Gasteiger partial charge is 0.314 e. The van der Waals surface area contributed by atoms with E-state index in [1.165, 1.54) is 5.56 Å². The van der Waals surface area contributed by atoms with E-state index in [9.17, 15) is 0 Å². The van der Waals surface area contributed by atoms with Gasteiger partial charge in [-0.15, -0.1) is 0 Å². The van der Waals surface area contributed by atoms with Gasteiger partial charge in [-0.1, -0.05) is 12.1 Å². The molecule has 1 aromatic heterocycles. The van der Waals surface area contributed by atoms with Crippen molar-refractivity contribution >= 4 is 0 Å². The molecule has 100 valence electrons. The molecule has 1 aliphatic heterocycles. The standard InChI is InChI=1S/C14H19N5/c1-3-14(19-12-16-11-17-19)4-2-13(1)5-8-18-9-6-15-7-10-18/h1-4,11-12,15H,5-10H2. The molecule has 0 amide bonds. The van der Waals surface area contributed by atoms with Crippen LogP contribution in [0.25, 0.3) is 5.69 Å². The fourth-order valence-electron chi connectivity index (χ4n) is 2.38. The molecule has 19 heavy (non-hydrogen) atoms. The van der Waals surface area contributed by atoms with Gasteiger partial charge in [0.05, 0.1) is 5.69 Å². The van der Waals surface area contributed by atoms with E-state index in [2.05, 4.69) is 44.6 Å². The number of nitrogens with one attached hydrogen (secondary N) is 1. The second-order valence-corrected chi connectivity index (χ2v) is 4.85. The molecule has 0 unspecified atom stereocenters. The van der Waals surface area contributed by atoms with Gasteiger partial charge in [-0.2, -0.15) is 5.10 Å². The van der Waals surface area contributed by atoms with E-state index >= 15 is 0 Å². The first-order valence-corrected chi connectivity index (χ1v) is 6.79. The molecular formula is C14H19N5. The molecule has 2 heterocycles. The molecule has 0 bridgehead atoms. The van der Waals surface area contributed by atoms with Crippen molar-refractivity contribution in [3.05, 3.63) is 42.5 Å². The summed E-state index contributed by atoms with van der Waals surface area (Å²) in [5, 5.41) is 7.50. The Hall–Kier alpha value is -1.72. The second kappa shape index (κ2) is 5.95. The van der Waals surface area contributed by atoms with Gasteiger partial charge in [-0.3, -0.25) is 0 Å². The fraction of sp³-hybridized carbons (Fsp3) is 0.429. The maximum Gasteiger partial charge on any atom is 0.138 e. The van der Waals surface area contributed by atoms with Crippen LogP contribution in [0.3, 0.4) is 0 Å². The average Bonchev–Trinajstić information content (AvgIpc) is 3.01. The third kappa shape index (κ3) is 3.19. The Morgan fingerprint density at radius 3 is 2.58 bits per heavy atom. The van der Waals surface area contributed by atoms with Crippen molar-refractivity contribution in [2.24, 2.45) is 0 Å². The molecular weight excluding hydrogens is 238 g/mol. The minimum Gasteiger partial charge on any atom is -0.314 e. The second-order valence-electron chi connectivity index (χ2n) is 4.85. The van der Waals surface area contributed by atoms with Crippen LogP contribution in [0.5, 0.6) is 0 Å². The molecule has 0 spiro atoms. The van der Waals surface area contributed by atoms with Crippen LogP contribution in [-0.2, 0) is 6.42 Å². The minimum absolute atomic E-state index is 1.06. The van der Waals surface area contributed by atoms with Crippen LogP contribution in [0.15, 0.2) is 36.9 Å². The Morgan fingerprint density at radius 1 is 1.11 bits per heavy atom. The number of rotatable bonds is 4. The predicted molar refractivity (Wildman–Crippen MR) is 74.4 cm³/mol. The van der Waals surface area contributed by atoms with Gasteiger partial charge in [0, 0.05) is 32.7 Å². The van der Waals surface area contributed by atoms with E-state index < -0.39 is 0 Å². The van der Waals surface area contributed by atoms with E-state index in [1.807, 2.05) is 0 Å². The number of nitrogens with zero attached hydrogens (tertiary/aromatic N) is 4. The molecule has 0 radical (unpaired) electrons. The highest BCUT2D eigenvalue weighted by atomic mass is 15.3. The van der Waals surface area contributed by atoms with Crippen molar-refractivity contribution in [2.45, 2.75) is 6.42 Å². The van der Waals surface area contributed by atoms with Crippen molar-refractivity contribution in [3.8, 4) is 5.69 Å². The first-order valence-electron chi connectivity index (χ1n) is 6.79.